The smallest absolute Gasteiger partial charge is 0.301 e. The second kappa shape index (κ2) is 8.77. The molecule has 1 N–H and O–H groups in total. The summed E-state index contributed by atoms with van der Waals surface area (Å²) in [7, 11) is 0. The molecule has 4 aromatic rings. The quantitative estimate of drug-likeness (QED) is 0.133. The lowest BCUT2D eigenvalue weighted by Gasteiger charge is -2.22. The van der Waals surface area contributed by atoms with Crippen LogP contribution in [-0.4, -0.2) is 26.7 Å². The number of carbonyl (C=O) groups excluding carboxylic acids is 2. The summed E-state index contributed by atoms with van der Waals surface area (Å²) in [5.74, 6) is -1.98. The molecule has 5 rings (SSSR count). The fourth-order valence-corrected chi connectivity index (χ4v) is 5.21. The van der Waals surface area contributed by atoms with Crippen molar-refractivity contribution >= 4 is 49.8 Å². The van der Waals surface area contributed by atoms with Gasteiger partial charge in [0.25, 0.3) is 11.5 Å². The average molecular weight is 486 g/mol. The monoisotopic (exact) mass is 485 g/mol. The number of amides is 1. The molecule has 2 heterocycles. The number of non-ortho nitro benzene ring substituents is 1. The van der Waals surface area contributed by atoms with Crippen molar-refractivity contribution in [1.82, 2.24) is 4.98 Å². The highest BCUT2D eigenvalue weighted by Crippen LogP contribution is 2.44. The van der Waals surface area contributed by atoms with Crippen LogP contribution in [0.3, 0.4) is 0 Å². The van der Waals surface area contributed by atoms with E-state index in [9.17, 15) is 24.8 Å². The van der Waals surface area contributed by atoms with E-state index >= 15 is 0 Å². The molecule has 0 aliphatic carbocycles. The number of nitro benzene ring substituents is 1. The molecule has 0 spiro atoms. The number of aliphatic hydroxyl groups excluding tert-OH is 1. The number of nitro groups is 1. The Balaban J connectivity index is 1.71. The fourth-order valence-electron chi connectivity index (χ4n) is 4.15. The molecule has 1 amide bonds. The van der Waals surface area contributed by atoms with E-state index < -0.39 is 22.7 Å². The van der Waals surface area contributed by atoms with Crippen LogP contribution in [0.25, 0.3) is 16.0 Å². The summed E-state index contributed by atoms with van der Waals surface area (Å²) < 4.78 is 0.867. The number of thiazole rings is 1. The molecule has 1 aliphatic rings. The Labute approximate surface area is 203 Å². The predicted octanol–water partition coefficient (Wildman–Crippen LogP) is 5.39. The number of aromatic nitrogens is 1. The molecule has 1 atom stereocenters. The van der Waals surface area contributed by atoms with Crippen LogP contribution in [0.2, 0.25) is 0 Å². The van der Waals surface area contributed by atoms with Gasteiger partial charge in [0.05, 0.1) is 26.8 Å². The Bertz CT molecular complexity index is 1510. The van der Waals surface area contributed by atoms with Gasteiger partial charge in [0, 0.05) is 17.7 Å². The van der Waals surface area contributed by atoms with Crippen LogP contribution >= 0.6 is 11.3 Å². The van der Waals surface area contributed by atoms with Crippen LogP contribution in [0.5, 0.6) is 0 Å². The summed E-state index contributed by atoms with van der Waals surface area (Å²) in [6.45, 7) is 2.04. The first-order valence-electron chi connectivity index (χ1n) is 10.9. The van der Waals surface area contributed by atoms with Crippen molar-refractivity contribution in [2.75, 3.05) is 4.90 Å². The Hall–Kier alpha value is -4.37. The van der Waals surface area contributed by atoms with E-state index in [1.54, 1.807) is 30.3 Å². The maximum Gasteiger partial charge on any atom is 0.301 e. The van der Waals surface area contributed by atoms with Crippen molar-refractivity contribution in [2.24, 2.45) is 0 Å². The molecule has 8 nitrogen and oxygen atoms in total. The van der Waals surface area contributed by atoms with E-state index in [1.165, 1.54) is 40.5 Å². The van der Waals surface area contributed by atoms with Crippen LogP contribution in [0.1, 0.15) is 29.7 Å². The lowest BCUT2D eigenvalue weighted by atomic mass is 9.95. The molecule has 35 heavy (non-hydrogen) atoms. The first-order valence-corrected chi connectivity index (χ1v) is 11.7. The second-order valence-corrected chi connectivity index (χ2v) is 9.04. The van der Waals surface area contributed by atoms with Gasteiger partial charge in [-0.25, -0.2) is 4.98 Å². The van der Waals surface area contributed by atoms with Gasteiger partial charge >= 0.3 is 5.91 Å². The topological polar surface area (TPSA) is 114 Å². The zero-order chi connectivity index (χ0) is 24.7. The predicted molar refractivity (Wildman–Crippen MR) is 133 cm³/mol. The van der Waals surface area contributed by atoms with Gasteiger partial charge in [-0.2, -0.15) is 0 Å². The van der Waals surface area contributed by atoms with Gasteiger partial charge in [0.15, 0.2) is 5.13 Å². The summed E-state index contributed by atoms with van der Waals surface area (Å²) >= 11 is 1.28. The number of benzene rings is 3. The highest BCUT2D eigenvalue weighted by molar-refractivity contribution is 7.22. The number of carbonyl (C=O) groups is 2. The van der Waals surface area contributed by atoms with Crippen molar-refractivity contribution < 1.29 is 19.6 Å². The number of aliphatic hydroxyl groups is 1. The van der Waals surface area contributed by atoms with Crippen molar-refractivity contribution in [3.8, 4) is 0 Å². The second-order valence-electron chi connectivity index (χ2n) is 8.04. The maximum atomic E-state index is 13.3. The Kier molecular flexibility index (Phi) is 5.62. The Morgan fingerprint density at radius 1 is 1.09 bits per heavy atom. The minimum atomic E-state index is -0.998. The molecule has 1 aliphatic heterocycles. The first kappa shape index (κ1) is 22.4. The normalized spacial score (nSPS) is 17.3. The van der Waals surface area contributed by atoms with Crippen LogP contribution < -0.4 is 4.90 Å². The van der Waals surface area contributed by atoms with E-state index in [4.69, 9.17) is 0 Å². The van der Waals surface area contributed by atoms with Gasteiger partial charge in [-0.05, 0) is 41.8 Å². The molecule has 9 heteroatoms. The molecule has 0 saturated carbocycles. The minimum absolute atomic E-state index is 0.0939. The third-order valence-electron chi connectivity index (χ3n) is 5.97. The highest BCUT2D eigenvalue weighted by Gasteiger charge is 2.48. The van der Waals surface area contributed by atoms with Gasteiger partial charge < -0.3 is 5.11 Å². The van der Waals surface area contributed by atoms with Crippen molar-refractivity contribution in [3.63, 3.8) is 0 Å². The molecule has 174 valence electrons. The maximum absolute atomic E-state index is 13.3. The molecular formula is C26H19N3O5S. The van der Waals surface area contributed by atoms with E-state index in [2.05, 4.69) is 4.98 Å². The summed E-state index contributed by atoms with van der Waals surface area (Å²) in [6.07, 6.45) is 0.841. The number of hydrogen-bond donors (Lipinski definition) is 1. The molecule has 0 radical (unpaired) electrons. The van der Waals surface area contributed by atoms with Crippen LogP contribution in [0.15, 0.2) is 78.4 Å². The number of fused-ring (bicyclic) bond motifs is 1. The van der Waals surface area contributed by atoms with Crippen LogP contribution in [0.4, 0.5) is 10.8 Å². The Morgan fingerprint density at radius 2 is 1.80 bits per heavy atom. The number of nitrogens with zero attached hydrogens (tertiary/aromatic N) is 3. The third-order valence-corrected chi connectivity index (χ3v) is 6.98. The van der Waals surface area contributed by atoms with Gasteiger partial charge in [-0.3, -0.25) is 24.6 Å². The van der Waals surface area contributed by atoms with Crippen molar-refractivity contribution in [1.29, 1.82) is 0 Å². The summed E-state index contributed by atoms with van der Waals surface area (Å²) in [5, 5.41) is 22.6. The number of aryl methyl sites for hydroxylation is 1. The lowest BCUT2D eigenvalue weighted by molar-refractivity contribution is -0.384. The summed E-state index contributed by atoms with van der Waals surface area (Å²) in [6, 6.07) is 18.9. The van der Waals surface area contributed by atoms with E-state index in [0.29, 0.717) is 21.8 Å². The SMILES string of the molecule is CCc1ccc2nc(N3C(=O)C(=O)C(=C(O)c4ccccc4)[C@@H]3c3ccc([N+](=O)[O-])cc3)sc2c1. The summed E-state index contributed by atoms with van der Waals surface area (Å²) in [5.41, 5.74) is 2.42. The lowest BCUT2D eigenvalue weighted by Crippen LogP contribution is -2.29. The Morgan fingerprint density at radius 3 is 2.46 bits per heavy atom. The molecule has 0 bridgehead atoms. The molecule has 1 aromatic heterocycles. The van der Waals surface area contributed by atoms with Gasteiger partial charge in [-0.15, -0.1) is 0 Å². The van der Waals surface area contributed by atoms with E-state index in [0.717, 1.165) is 16.7 Å². The third kappa shape index (κ3) is 3.85. The van der Waals surface area contributed by atoms with Crippen LogP contribution in [-0.2, 0) is 16.0 Å². The largest absolute Gasteiger partial charge is 0.507 e. The first-order chi connectivity index (χ1) is 16.9. The van der Waals surface area contributed by atoms with Gasteiger partial charge in [0.1, 0.15) is 5.76 Å². The highest BCUT2D eigenvalue weighted by atomic mass is 32.1. The van der Waals surface area contributed by atoms with Gasteiger partial charge in [0.2, 0.25) is 0 Å². The molecular weight excluding hydrogens is 466 g/mol. The summed E-state index contributed by atoms with van der Waals surface area (Å²) in [4.78, 5) is 43.0. The standard InChI is InChI=1S/C26H19N3O5S/c1-2-15-8-13-19-20(14-15)35-26(27-19)28-22(16-9-11-18(12-10-16)29(33)34)21(24(31)25(28)32)23(30)17-6-4-3-5-7-17/h3-14,22,30H,2H2,1H3/t22-/m0/s1. The molecule has 0 unspecified atom stereocenters. The molecule has 1 saturated heterocycles. The van der Waals surface area contributed by atoms with E-state index in [1.807, 2.05) is 25.1 Å². The van der Waals surface area contributed by atoms with Crippen molar-refractivity contribution in [2.45, 2.75) is 19.4 Å². The number of hydrogen-bond acceptors (Lipinski definition) is 7. The number of rotatable bonds is 5. The fraction of sp³-hybridized carbons (Fsp3) is 0.115. The number of Topliss-reactive ketones (excluding diaryl/α,β-unsaturated/α-hetero) is 1. The average Bonchev–Trinajstić information content (AvgIpc) is 3.41. The minimum Gasteiger partial charge on any atom is -0.507 e. The van der Waals surface area contributed by atoms with Crippen LogP contribution in [0, 0.1) is 10.1 Å². The molecule has 1 fully saturated rings. The number of ketones is 1. The zero-order valence-electron chi connectivity index (χ0n) is 18.5. The zero-order valence-corrected chi connectivity index (χ0v) is 19.4. The van der Waals surface area contributed by atoms with Crippen molar-refractivity contribution in [3.05, 3.63) is 105 Å². The number of anilines is 1. The van der Waals surface area contributed by atoms with Gasteiger partial charge in [-0.1, -0.05) is 54.7 Å². The molecule has 3 aromatic carbocycles. The van der Waals surface area contributed by atoms with E-state index in [-0.39, 0.29) is 17.0 Å².